The molecule has 1 amide bonds. The summed E-state index contributed by atoms with van der Waals surface area (Å²) in [6.07, 6.45) is 1.03. The second kappa shape index (κ2) is 8.71. The Morgan fingerprint density at radius 3 is 2.82 bits per heavy atom. The van der Waals surface area contributed by atoms with Crippen molar-refractivity contribution in [1.29, 1.82) is 0 Å². The van der Waals surface area contributed by atoms with Crippen molar-refractivity contribution in [2.45, 2.75) is 19.4 Å². The van der Waals surface area contributed by atoms with E-state index in [1.54, 1.807) is 49.4 Å². The summed E-state index contributed by atoms with van der Waals surface area (Å²) in [7, 11) is 0. The number of carbonyl (C=O) groups is 2. The molecule has 0 aromatic heterocycles. The van der Waals surface area contributed by atoms with Gasteiger partial charge in [0.05, 0.1) is 4.91 Å². The van der Waals surface area contributed by atoms with Crippen molar-refractivity contribution >= 4 is 40.6 Å². The molecule has 0 saturated carbocycles. The normalized spacial score (nSPS) is 17.6. The van der Waals surface area contributed by atoms with E-state index in [-0.39, 0.29) is 16.8 Å². The molecule has 1 saturated heterocycles. The van der Waals surface area contributed by atoms with Crippen LogP contribution in [-0.4, -0.2) is 28.3 Å². The van der Waals surface area contributed by atoms with Gasteiger partial charge in [0.1, 0.15) is 17.3 Å². The Kier molecular flexibility index (Phi) is 6.10. The molecule has 1 aliphatic heterocycles. The van der Waals surface area contributed by atoms with E-state index in [2.05, 4.69) is 10.3 Å². The summed E-state index contributed by atoms with van der Waals surface area (Å²) in [6, 6.07) is 12.8. The number of rotatable bonds is 6. The smallest absolute Gasteiger partial charge is 0.344 e. The first-order chi connectivity index (χ1) is 13.5. The molecular formula is C20H17FN2O4S. The summed E-state index contributed by atoms with van der Waals surface area (Å²) < 4.78 is 19.2. The molecule has 144 valence electrons. The molecular weight excluding hydrogens is 383 g/mol. The van der Waals surface area contributed by atoms with Crippen molar-refractivity contribution in [1.82, 2.24) is 5.32 Å². The first-order valence-corrected chi connectivity index (χ1v) is 9.31. The van der Waals surface area contributed by atoms with Crippen molar-refractivity contribution < 1.29 is 23.8 Å². The third-order valence-corrected chi connectivity index (χ3v) is 4.72. The third kappa shape index (κ3) is 4.77. The number of ether oxygens (including phenoxy) is 1. The monoisotopic (exact) mass is 400 g/mol. The van der Waals surface area contributed by atoms with E-state index in [0.717, 1.165) is 11.8 Å². The number of benzene rings is 2. The zero-order chi connectivity index (χ0) is 20.1. The fraction of sp³-hybridized carbons (Fsp3) is 0.150. The van der Waals surface area contributed by atoms with Gasteiger partial charge in [0.2, 0.25) is 0 Å². The molecule has 2 N–H and O–H groups in total. The molecule has 6 nitrogen and oxygen atoms in total. The van der Waals surface area contributed by atoms with Crippen molar-refractivity contribution in [2.24, 2.45) is 4.99 Å². The van der Waals surface area contributed by atoms with E-state index < -0.39 is 17.9 Å². The second-order valence-corrected chi connectivity index (χ2v) is 6.89. The number of nitrogens with zero attached hydrogens (tertiary/aromatic N) is 1. The SMILES string of the molecule is CCC(Oc1cccc(/C=C2/SC(=Nc3ccccc3F)NC2=O)c1)C(=O)O. The lowest BCUT2D eigenvalue weighted by molar-refractivity contribution is -0.145. The number of aliphatic carboxylic acids is 1. The first kappa shape index (κ1) is 19.6. The predicted molar refractivity (Wildman–Crippen MR) is 106 cm³/mol. The average molecular weight is 400 g/mol. The quantitative estimate of drug-likeness (QED) is 0.717. The van der Waals surface area contributed by atoms with Gasteiger partial charge in [0.25, 0.3) is 5.91 Å². The van der Waals surface area contributed by atoms with Crippen LogP contribution in [0.5, 0.6) is 5.75 Å². The van der Waals surface area contributed by atoms with Crippen LogP contribution in [0.15, 0.2) is 58.4 Å². The van der Waals surface area contributed by atoms with Gasteiger partial charge < -0.3 is 15.2 Å². The maximum absolute atomic E-state index is 13.7. The van der Waals surface area contributed by atoms with Gasteiger partial charge in [0, 0.05) is 0 Å². The van der Waals surface area contributed by atoms with Crippen molar-refractivity contribution in [3.63, 3.8) is 0 Å². The molecule has 28 heavy (non-hydrogen) atoms. The highest BCUT2D eigenvalue weighted by Crippen LogP contribution is 2.29. The number of halogens is 1. The van der Waals surface area contributed by atoms with Crippen LogP contribution in [-0.2, 0) is 9.59 Å². The molecule has 1 atom stereocenters. The predicted octanol–water partition coefficient (Wildman–Crippen LogP) is 3.96. The van der Waals surface area contributed by atoms with E-state index >= 15 is 0 Å². The molecule has 8 heteroatoms. The zero-order valence-electron chi connectivity index (χ0n) is 14.9. The Labute approximate surface area is 165 Å². The summed E-state index contributed by atoms with van der Waals surface area (Å²) >= 11 is 1.10. The minimum Gasteiger partial charge on any atom is -0.479 e. The Morgan fingerprint density at radius 2 is 2.11 bits per heavy atom. The van der Waals surface area contributed by atoms with Gasteiger partial charge in [-0.25, -0.2) is 14.2 Å². The summed E-state index contributed by atoms with van der Waals surface area (Å²) in [5.74, 6) is -1.46. The Bertz CT molecular complexity index is 974. The number of thioether (sulfide) groups is 1. The molecule has 2 aromatic carbocycles. The van der Waals surface area contributed by atoms with Gasteiger partial charge in [-0.1, -0.05) is 31.2 Å². The summed E-state index contributed by atoms with van der Waals surface area (Å²) in [4.78, 5) is 27.8. The molecule has 2 aromatic rings. The molecule has 0 aliphatic carbocycles. The topological polar surface area (TPSA) is 88.0 Å². The Balaban J connectivity index is 1.78. The number of hydrogen-bond donors (Lipinski definition) is 2. The lowest BCUT2D eigenvalue weighted by Gasteiger charge is -2.13. The van der Waals surface area contributed by atoms with Crippen molar-refractivity contribution in [3.8, 4) is 5.75 Å². The Morgan fingerprint density at radius 1 is 1.32 bits per heavy atom. The molecule has 1 heterocycles. The van der Waals surface area contributed by atoms with E-state index in [4.69, 9.17) is 9.84 Å². The van der Waals surface area contributed by atoms with Crippen LogP contribution in [0.1, 0.15) is 18.9 Å². The first-order valence-electron chi connectivity index (χ1n) is 8.50. The molecule has 3 rings (SSSR count). The largest absolute Gasteiger partial charge is 0.479 e. The second-order valence-electron chi connectivity index (χ2n) is 5.86. The zero-order valence-corrected chi connectivity index (χ0v) is 15.7. The highest BCUT2D eigenvalue weighted by molar-refractivity contribution is 8.18. The highest BCUT2D eigenvalue weighted by atomic mass is 32.2. The van der Waals surface area contributed by atoms with E-state index in [9.17, 15) is 14.0 Å². The molecule has 1 unspecified atom stereocenters. The van der Waals surface area contributed by atoms with Crippen molar-refractivity contribution in [3.05, 3.63) is 64.8 Å². The van der Waals surface area contributed by atoms with Gasteiger partial charge in [0.15, 0.2) is 11.3 Å². The summed E-state index contributed by atoms with van der Waals surface area (Å²) in [5, 5.41) is 12.0. The van der Waals surface area contributed by atoms with Crippen LogP contribution in [0.3, 0.4) is 0 Å². The molecule has 0 radical (unpaired) electrons. The van der Waals surface area contributed by atoms with Crippen LogP contribution in [0, 0.1) is 5.82 Å². The van der Waals surface area contributed by atoms with E-state index in [1.807, 2.05) is 0 Å². The lowest BCUT2D eigenvalue weighted by atomic mass is 10.2. The number of carboxylic acid groups (broad SMARTS) is 1. The van der Waals surface area contributed by atoms with Gasteiger partial charge >= 0.3 is 5.97 Å². The van der Waals surface area contributed by atoms with E-state index in [0.29, 0.717) is 22.6 Å². The summed E-state index contributed by atoms with van der Waals surface area (Å²) in [6.45, 7) is 1.72. The minimum absolute atomic E-state index is 0.140. The standard InChI is InChI=1S/C20H17FN2O4S/c1-2-16(19(25)26)27-13-7-5-6-12(10-13)11-17-18(24)23-20(28-17)22-15-9-4-3-8-14(15)21/h3-11,16H,2H2,1H3,(H,25,26)(H,22,23,24)/b17-11+. The van der Waals surface area contributed by atoms with Gasteiger partial charge in [-0.2, -0.15) is 0 Å². The van der Waals surface area contributed by atoms with Crippen LogP contribution in [0.25, 0.3) is 6.08 Å². The maximum atomic E-state index is 13.7. The number of amides is 1. The van der Waals surface area contributed by atoms with Crippen molar-refractivity contribution in [2.75, 3.05) is 0 Å². The number of aliphatic imine (C=N–C) groups is 1. The molecule has 0 bridgehead atoms. The number of para-hydroxylation sites is 1. The fourth-order valence-electron chi connectivity index (χ4n) is 2.43. The van der Waals surface area contributed by atoms with Crippen LogP contribution < -0.4 is 10.1 Å². The van der Waals surface area contributed by atoms with Gasteiger partial charge in [-0.3, -0.25) is 4.79 Å². The minimum atomic E-state index is -1.04. The average Bonchev–Trinajstić information content (AvgIpc) is 3.00. The fourth-order valence-corrected chi connectivity index (χ4v) is 3.27. The summed E-state index contributed by atoms with van der Waals surface area (Å²) in [5.41, 5.74) is 0.809. The van der Waals surface area contributed by atoms with E-state index in [1.165, 1.54) is 12.1 Å². The maximum Gasteiger partial charge on any atom is 0.344 e. The molecule has 0 spiro atoms. The third-order valence-electron chi connectivity index (χ3n) is 3.81. The molecule has 1 aliphatic rings. The van der Waals surface area contributed by atoms with Crippen LogP contribution >= 0.6 is 11.8 Å². The number of carboxylic acids is 1. The molecule has 1 fully saturated rings. The highest BCUT2D eigenvalue weighted by Gasteiger charge is 2.24. The lowest BCUT2D eigenvalue weighted by Crippen LogP contribution is -2.25. The number of carbonyl (C=O) groups excluding carboxylic acids is 1. The number of nitrogens with one attached hydrogen (secondary N) is 1. The van der Waals surface area contributed by atoms with Crippen LogP contribution in [0.4, 0.5) is 10.1 Å². The number of amidine groups is 1. The Hall–Kier alpha value is -3.13. The van der Waals surface area contributed by atoms with Crippen LogP contribution in [0.2, 0.25) is 0 Å². The number of hydrogen-bond acceptors (Lipinski definition) is 5. The van der Waals surface area contributed by atoms with Gasteiger partial charge in [-0.15, -0.1) is 0 Å². The van der Waals surface area contributed by atoms with Gasteiger partial charge in [-0.05, 0) is 54.1 Å².